The molecule has 106 valence electrons. The van der Waals surface area contributed by atoms with Crippen LogP contribution in [-0.4, -0.2) is 24.8 Å². The summed E-state index contributed by atoms with van der Waals surface area (Å²) in [7, 11) is -2.84. The minimum absolute atomic E-state index is 0.0702. The Morgan fingerprint density at radius 1 is 0.944 bits per heavy atom. The lowest BCUT2D eigenvalue weighted by Gasteiger charge is -2.35. The average Bonchev–Trinajstić information content (AvgIpc) is 2.53. The van der Waals surface area contributed by atoms with Crippen LogP contribution >= 0.6 is 15.9 Å². The number of hydrogen-bond acceptors (Lipinski definition) is 2. The van der Waals surface area contributed by atoms with Crippen LogP contribution in [0.2, 0.25) is 0 Å². The van der Waals surface area contributed by atoms with Crippen LogP contribution in [0.1, 0.15) is 57.8 Å². The van der Waals surface area contributed by atoms with Crippen molar-refractivity contribution < 1.29 is 8.42 Å². The number of rotatable bonds is 2. The van der Waals surface area contributed by atoms with Gasteiger partial charge in [-0.25, -0.2) is 8.42 Å². The van der Waals surface area contributed by atoms with Gasteiger partial charge in [-0.3, -0.25) is 0 Å². The van der Waals surface area contributed by atoms with Crippen LogP contribution < -0.4 is 0 Å². The van der Waals surface area contributed by atoms with Crippen LogP contribution in [0.15, 0.2) is 0 Å². The lowest BCUT2D eigenvalue weighted by atomic mass is 9.76. The predicted octanol–water partition coefficient (Wildman–Crippen LogP) is 3.93. The van der Waals surface area contributed by atoms with Gasteiger partial charge in [-0.15, -0.1) is 0 Å². The van der Waals surface area contributed by atoms with Gasteiger partial charge in [0.25, 0.3) is 0 Å². The maximum Gasteiger partial charge on any atom is 0.150 e. The fourth-order valence-corrected chi connectivity index (χ4v) is 5.99. The molecule has 0 radical (unpaired) electrons. The molecule has 4 unspecified atom stereocenters. The Morgan fingerprint density at radius 3 is 2.39 bits per heavy atom. The van der Waals surface area contributed by atoms with Crippen molar-refractivity contribution in [1.82, 2.24) is 0 Å². The van der Waals surface area contributed by atoms with Gasteiger partial charge in [-0.2, -0.15) is 0 Å². The molecule has 2 aliphatic carbocycles. The minimum Gasteiger partial charge on any atom is -0.229 e. The van der Waals surface area contributed by atoms with Gasteiger partial charge in [0.15, 0.2) is 0 Å². The molecule has 0 aliphatic heterocycles. The Bertz CT molecular complexity index is 366. The van der Waals surface area contributed by atoms with E-state index in [1.165, 1.54) is 44.8 Å². The van der Waals surface area contributed by atoms with E-state index in [1.807, 2.05) is 0 Å². The first-order valence-corrected chi connectivity index (χ1v) is 10.2. The summed E-state index contributed by atoms with van der Waals surface area (Å²) in [6.07, 6.45) is 12.1. The molecule has 18 heavy (non-hydrogen) atoms. The molecule has 0 amide bonds. The molecule has 0 N–H and O–H groups in total. The quantitative estimate of drug-likeness (QED) is 0.565. The van der Waals surface area contributed by atoms with E-state index in [4.69, 9.17) is 0 Å². The highest BCUT2D eigenvalue weighted by atomic mass is 79.9. The summed E-state index contributed by atoms with van der Waals surface area (Å²) < 4.78 is 23.5. The van der Waals surface area contributed by atoms with Crippen LogP contribution in [0.4, 0.5) is 0 Å². The van der Waals surface area contributed by atoms with Crippen LogP contribution in [0.3, 0.4) is 0 Å². The van der Waals surface area contributed by atoms with Gasteiger partial charge in [0.05, 0.1) is 5.25 Å². The normalized spacial score (nSPS) is 39.2. The fraction of sp³-hybridized carbons (Fsp3) is 1.00. The van der Waals surface area contributed by atoms with Gasteiger partial charge in [-0.05, 0) is 37.5 Å². The molecule has 0 bridgehead atoms. The van der Waals surface area contributed by atoms with Crippen molar-refractivity contribution in [3.63, 3.8) is 0 Å². The smallest absolute Gasteiger partial charge is 0.150 e. The Kier molecular flexibility index (Phi) is 5.15. The molecule has 2 saturated carbocycles. The topological polar surface area (TPSA) is 34.1 Å². The van der Waals surface area contributed by atoms with Gasteiger partial charge in [0.1, 0.15) is 9.84 Å². The molecule has 0 aromatic carbocycles. The zero-order chi connectivity index (χ0) is 13.2. The summed E-state index contributed by atoms with van der Waals surface area (Å²) in [5, 5.41) is -0.0702. The van der Waals surface area contributed by atoms with E-state index in [1.54, 1.807) is 0 Å². The van der Waals surface area contributed by atoms with E-state index in [0.29, 0.717) is 16.7 Å². The molecule has 2 fully saturated rings. The zero-order valence-electron chi connectivity index (χ0n) is 11.3. The Balaban J connectivity index is 2.03. The van der Waals surface area contributed by atoms with E-state index >= 15 is 0 Å². The monoisotopic (exact) mass is 336 g/mol. The van der Waals surface area contributed by atoms with Crippen LogP contribution in [0.25, 0.3) is 0 Å². The first-order chi connectivity index (χ1) is 8.48. The number of alkyl halides is 1. The van der Waals surface area contributed by atoms with Crippen LogP contribution in [0.5, 0.6) is 0 Å². The standard InChI is InChI=1S/C14H25BrO2S/c1-18(16,17)12-7-5-6-11(10-12)13-8-3-2-4-9-14(13)15/h11-14H,2-10H2,1H3. The largest absolute Gasteiger partial charge is 0.229 e. The summed E-state index contributed by atoms with van der Waals surface area (Å²) in [5.41, 5.74) is 0. The summed E-state index contributed by atoms with van der Waals surface area (Å²) in [5.74, 6) is 1.33. The minimum atomic E-state index is -2.84. The molecule has 0 aromatic rings. The SMILES string of the molecule is CS(=O)(=O)C1CCCC(C2CCCCCC2Br)C1. The van der Waals surface area contributed by atoms with Gasteiger partial charge in [0, 0.05) is 11.1 Å². The van der Waals surface area contributed by atoms with Crippen molar-refractivity contribution in [2.24, 2.45) is 11.8 Å². The van der Waals surface area contributed by atoms with E-state index in [-0.39, 0.29) is 5.25 Å². The third-order valence-corrected chi connectivity index (χ3v) is 7.64. The summed E-state index contributed by atoms with van der Waals surface area (Å²) >= 11 is 3.86. The molecular weight excluding hydrogens is 312 g/mol. The lowest BCUT2D eigenvalue weighted by molar-refractivity contribution is 0.235. The highest BCUT2D eigenvalue weighted by Gasteiger charge is 2.35. The molecule has 2 nitrogen and oxygen atoms in total. The highest BCUT2D eigenvalue weighted by molar-refractivity contribution is 9.09. The highest BCUT2D eigenvalue weighted by Crippen LogP contribution is 2.41. The van der Waals surface area contributed by atoms with Gasteiger partial charge in [0.2, 0.25) is 0 Å². The first-order valence-electron chi connectivity index (χ1n) is 7.31. The summed E-state index contributed by atoms with van der Waals surface area (Å²) in [6.45, 7) is 0. The van der Waals surface area contributed by atoms with E-state index in [2.05, 4.69) is 15.9 Å². The van der Waals surface area contributed by atoms with E-state index < -0.39 is 9.84 Å². The predicted molar refractivity (Wildman–Crippen MR) is 79.9 cm³/mol. The fourth-order valence-electron chi connectivity index (χ4n) is 3.78. The first kappa shape index (κ1) is 14.8. The molecule has 0 spiro atoms. The Hall–Kier alpha value is 0.430. The molecule has 0 aromatic heterocycles. The average molecular weight is 337 g/mol. The van der Waals surface area contributed by atoms with Gasteiger partial charge >= 0.3 is 0 Å². The van der Waals surface area contributed by atoms with Crippen molar-refractivity contribution >= 4 is 25.8 Å². The van der Waals surface area contributed by atoms with Crippen LogP contribution in [0, 0.1) is 11.8 Å². The second kappa shape index (κ2) is 6.25. The molecule has 0 saturated heterocycles. The molecule has 2 rings (SSSR count). The van der Waals surface area contributed by atoms with Gasteiger partial charge in [-0.1, -0.05) is 48.0 Å². The number of halogens is 1. The molecule has 4 heteroatoms. The second-order valence-corrected chi connectivity index (χ2v) is 9.70. The third kappa shape index (κ3) is 3.72. The second-order valence-electron chi connectivity index (χ2n) is 6.20. The Morgan fingerprint density at radius 2 is 1.67 bits per heavy atom. The van der Waals surface area contributed by atoms with Crippen molar-refractivity contribution in [3.8, 4) is 0 Å². The van der Waals surface area contributed by atoms with E-state index in [0.717, 1.165) is 19.3 Å². The van der Waals surface area contributed by atoms with Crippen LogP contribution in [-0.2, 0) is 9.84 Å². The molecule has 0 heterocycles. The van der Waals surface area contributed by atoms with Crippen molar-refractivity contribution in [2.45, 2.75) is 67.9 Å². The number of hydrogen-bond donors (Lipinski definition) is 0. The molecule has 4 atom stereocenters. The summed E-state index contributed by atoms with van der Waals surface area (Å²) in [6, 6.07) is 0. The van der Waals surface area contributed by atoms with Crippen molar-refractivity contribution in [1.29, 1.82) is 0 Å². The maximum atomic E-state index is 11.8. The number of sulfone groups is 1. The molecular formula is C14H25BrO2S. The van der Waals surface area contributed by atoms with E-state index in [9.17, 15) is 8.42 Å². The van der Waals surface area contributed by atoms with Crippen molar-refractivity contribution in [2.75, 3.05) is 6.26 Å². The summed E-state index contributed by atoms with van der Waals surface area (Å²) in [4.78, 5) is 0.614. The van der Waals surface area contributed by atoms with Crippen molar-refractivity contribution in [3.05, 3.63) is 0 Å². The Labute approximate surface area is 120 Å². The molecule has 2 aliphatic rings. The van der Waals surface area contributed by atoms with Gasteiger partial charge < -0.3 is 0 Å². The zero-order valence-corrected chi connectivity index (χ0v) is 13.7. The lowest BCUT2D eigenvalue weighted by Crippen LogP contribution is -2.33. The maximum absolute atomic E-state index is 11.8. The third-order valence-electron chi connectivity index (χ3n) is 4.86.